The number of hydrogen-bond acceptors (Lipinski definition) is 3. The first-order valence-corrected chi connectivity index (χ1v) is 11.9. The van der Waals surface area contributed by atoms with Gasteiger partial charge in [0.15, 0.2) is 0 Å². The van der Waals surface area contributed by atoms with Crippen molar-refractivity contribution in [3.05, 3.63) is 69.7 Å². The third kappa shape index (κ3) is 6.19. The third-order valence-electron chi connectivity index (χ3n) is 5.80. The number of carbonyl (C=O) groups is 3. The van der Waals surface area contributed by atoms with Crippen LogP contribution in [0, 0.1) is 12.8 Å². The zero-order chi connectivity index (χ0) is 23.1. The molecule has 3 rings (SSSR count). The number of nitrogens with one attached hydrogen (secondary N) is 2. The fourth-order valence-electron chi connectivity index (χ4n) is 3.93. The molecule has 1 fully saturated rings. The van der Waals surface area contributed by atoms with E-state index in [1.165, 1.54) is 0 Å². The van der Waals surface area contributed by atoms with Crippen molar-refractivity contribution < 1.29 is 14.4 Å². The molecule has 0 bridgehead atoms. The maximum Gasteiger partial charge on any atom is 0.253 e. The molecule has 32 heavy (non-hydrogen) atoms. The molecule has 6 nitrogen and oxygen atoms in total. The van der Waals surface area contributed by atoms with E-state index in [4.69, 9.17) is 0 Å². The maximum absolute atomic E-state index is 12.9. The monoisotopic (exact) mass is 499 g/mol. The van der Waals surface area contributed by atoms with Gasteiger partial charge in [-0.25, -0.2) is 0 Å². The molecule has 0 radical (unpaired) electrons. The number of likely N-dealkylation sites (tertiary alicyclic amines) is 1. The van der Waals surface area contributed by atoms with E-state index in [0.29, 0.717) is 43.6 Å². The molecule has 0 saturated carbocycles. The largest absolute Gasteiger partial charge is 0.354 e. The Kier molecular flexibility index (Phi) is 8.45. The number of amides is 3. The molecule has 2 N–H and O–H groups in total. The van der Waals surface area contributed by atoms with Gasteiger partial charge in [0.25, 0.3) is 11.8 Å². The number of hydrogen-bond donors (Lipinski definition) is 2. The SMILES string of the molecule is CCCNC(=O)C(NC(=O)c1ccc(C)cc1)C1CCN(C(=O)c2cccc(Br)c2)CC1. The van der Waals surface area contributed by atoms with Crippen molar-refractivity contribution in [2.45, 2.75) is 39.2 Å². The molecule has 1 aliphatic heterocycles. The van der Waals surface area contributed by atoms with Crippen LogP contribution >= 0.6 is 15.9 Å². The summed E-state index contributed by atoms with van der Waals surface area (Å²) in [6.45, 7) is 5.62. The van der Waals surface area contributed by atoms with E-state index in [-0.39, 0.29) is 23.6 Å². The molecule has 0 aliphatic carbocycles. The van der Waals surface area contributed by atoms with Crippen molar-refractivity contribution in [1.29, 1.82) is 0 Å². The third-order valence-corrected chi connectivity index (χ3v) is 6.30. The predicted molar refractivity (Wildman–Crippen MR) is 129 cm³/mol. The number of nitrogens with zero attached hydrogens (tertiary/aromatic N) is 1. The van der Waals surface area contributed by atoms with E-state index in [9.17, 15) is 14.4 Å². The molecule has 0 aromatic heterocycles. The van der Waals surface area contributed by atoms with Gasteiger partial charge in [0.1, 0.15) is 6.04 Å². The number of halogens is 1. The summed E-state index contributed by atoms with van der Waals surface area (Å²) < 4.78 is 0.865. The van der Waals surface area contributed by atoms with Crippen LogP contribution in [-0.4, -0.2) is 48.3 Å². The Morgan fingerprint density at radius 1 is 1.06 bits per heavy atom. The zero-order valence-corrected chi connectivity index (χ0v) is 20.2. The molecule has 3 amide bonds. The smallest absolute Gasteiger partial charge is 0.253 e. The number of benzene rings is 2. The molecule has 1 aliphatic rings. The van der Waals surface area contributed by atoms with Gasteiger partial charge in [-0.05, 0) is 62.4 Å². The van der Waals surface area contributed by atoms with E-state index in [1.807, 2.05) is 55.1 Å². The second-order valence-corrected chi connectivity index (χ2v) is 9.16. The van der Waals surface area contributed by atoms with Crippen molar-refractivity contribution in [1.82, 2.24) is 15.5 Å². The van der Waals surface area contributed by atoms with Gasteiger partial charge in [-0.1, -0.05) is 46.6 Å². The normalized spacial score (nSPS) is 15.2. The summed E-state index contributed by atoms with van der Waals surface area (Å²) in [6.07, 6.45) is 2.13. The van der Waals surface area contributed by atoms with Gasteiger partial charge in [-0.3, -0.25) is 14.4 Å². The highest BCUT2D eigenvalue weighted by Gasteiger charge is 2.34. The summed E-state index contributed by atoms with van der Waals surface area (Å²) in [6, 6.07) is 14.0. The Hall–Kier alpha value is -2.67. The fraction of sp³-hybridized carbons (Fsp3) is 0.400. The first-order valence-electron chi connectivity index (χ1n) is 11.1. The second kappa shape index (κ2) is 11.3. The average molecular weight is 500 g/mol. The van der Waals surface area contributed by atoms with Gasteiger partial charge >= 0.3 is 0 Å². The molecule has 1 saturated heterocycles. The van der Waals surface area contributed by atoms with Crippen molar-refractivity contribution in [2.24, 2.45) is 5.92 Å². The van der Waals surface area contributed by atoms with Gasteiger partial charge < -0.3 is 15.5 Å². The van der Waals surface area contributed by atoms with E-state index in [0.717, 1.165) is 16.5 Å². The highest BCUT2D eigenvalue weighted by atomic mass is 79.9. The van der Waals surface area contributed by atoms with Crippen LogP contribution in [0.1, 0.15) is 52.5 Å². The Labute approximate surface area is 197 Å². The van der Waals surface area contributed by atoms with Crippen LogP contribution < -0.4 is 10.6 Å². The Bertz CT molecular complexity index is 953. The zero-order valence-electron chi connectivity index (χ0n) is 18.6. The minimum atomic E-state index is -0.626. The van der Waals surface area contributed by atoms with Crippen LogP contribution in [-0.2, 0) is 4.79 Å². The Morgan fingerprint density at radius 3 is 2.38 bits per heavy atom. The van der Waals surface area contributed by atoms with Crippen molar-refractivity contribution in [3.8, 4) is 0 Å². The lowest BCUT2D eigenvalue weighted by atomic mass is 9.88. The van der Waals surface area contributed by atoms with Gasteiger partial charge in [0.2, 0.25) is 5.91 Å². The predicted octanol–water partition coefficient (Wildman–Crippen LogP) is 3.93. The molecule has 2 aromatic rings. The van der Waals surface area contributed by atoms with Crippen molar-refractivity contribution in [3.63, 3.8) is 0 Å². The maximum atomic E-state index is 12.9. The van der Waals surface area contributed by atoms with Crippen LogP contribution in [0.15, 0.2) is 53.0 Å². The molecular weight excluding hydrogens is 470 g/mol. The van der Waals surface area contributed by atoms with Crippen LogP contribution in [0.4, 0.5) is 0 Å². The first-order chi connectivity index (χ1) is 15.4. The number of rotatable bonds is 7. The Balaban J connectivity index is 1.67. The first kappa shape index (κ1) is 24.0. The summed E-state index contributed by atoms with van der Waals surface area (Å²) in [5.74, 6) is -0.466. The fourth-order valence-corrected chi connectivity index (χ4v) is 4.32. The van der Waals surface area contributed by atoms with Crippen molar-refractivity contribution in [2.75, 3.05) is 19.6 Å². The molecule has 1 heterocycles. The van der Waals surface area contributed by atoms with E-state index in [1.54, 1.807) is 12.1 Å². The summed E-state index contributed by atoms with van der Waals surface area (Å²) >= 11 is 3.41. The lowest BCUT2D eigenvalue weighted by Gasteiger charge is -2.36. The second-order valence-electron chi connectivity index (χ2n) is 8.25. The summed E-state index contributed by atoms with van der Waals surface area (Å²) in [5, 5.41) is 5.88. The van der Waals surface area contributed by atoms with Gasteiger partial charge in [0.05, 0.1) is 0 Å². The number of carbonyl (C=O) groups excluding carboxylic acids is 3. The quantitative estimate of drug-likeness (QED) is 0.605. The minimum absolute atomic E-state index is 0.0135. The standard InChI is InChI=1S/C25H30BrN3O3/c1-3-13-27-24(31)22(28-23(30)19-9-7-17(2)8-10-19)18-11-14-29(15-12-18)25(32)20-5-4-6-21(26)16-20/h4-10,16,18,22H,3,11-15H2,1-2H3,(H,27,31)(H,28,30). The van der Waals surface area contributed by atoms with Gasteiger partial charge in [-0.15, -0.1) is 0 Å². The highest BCUT2D eigenvalue weighted by Crippen LogP contribution is 2.24. The van der Waals surface area contributed by atoms with Crippen LogP contribution in [0.2, 0.25) is 0 Å². The topological polar surface area (TPSA) is 78.5 Å². The summed E-state index contributed by atoms with van der Waals surface area (Å²) in [5.41, 5.74) is 2.25. The number of piperidine rings is 1. The van der Waals surface area contributed by atoms with Crippen LogP contribution in [0.5, 0.6) is 0 Å². The minimum Gasteiger partial charge on any atom is -0.354 e. The van der Waals surface area contributed by atoms with Crippen molar-refractivity contribution >= 4 is 33.7 Å². The molecule has 1 unspecified atom stereocenters. The van der Waals surface area contributed by atoms with E-state index < -0.39 is 6.04 Å². The molecule has 1 atom stereocenters. The molecule has 2 aromatic carbocycles. The lowest BCUT2D eigenvalue weighted by molar-refractivity contribution is -0.124. The lowest BCUT2D eigenvalue weighted by Crippen LogP contribution is -2.54. The molecular formula is C25H30BrN3O3. The average Bonchev–Trinajstić information content (AvgIpc) is 2.81. The summed E-state index contributed by atoms with van der Waals surface area (Å²) in [4.78, 5) is 40.4. The Morgan fingerprint density at radius 2 is 1.75 bits per heavy atom. The highest BCUT2D eigenvalue weighted by molar-refractivity contribution is 9.10. The van der Waals surface area contributed by atoms with Crippen LogP contribution in [0.25, 0.3) is 0 Å². The molecule has 170 valence electrons. The molecule has 0 spiro atoms. The van der Waals surface area contributed by atoms with Gasteiger partial charge in [-0.2, -0.15) is 0 Å². The van der Waals surface area contributed by atoms with Gasteiger partial charge in [0, 0.05) is 35.2 Å². The summed E-state index contributed by atoms with van der Waals surface area (Å²) in [7, 11) is 0. The van der Waals surface area contributed by atoms with Crippen LogP contribution in [0.3, 0.4) is 0 Å². The van der Waals surface area contributed by atoms with E-state index in [2.05, 4.69) is 26.6 Å². The number of aryl methyl sites for hydroxylation is 1. The molecule has 7 heteroatoms. The van der Waals surface area contributed by atoms with E-state index >= 15 is 0 Å².